The lowest BCUT2D eigenvalue weighted by molar-refractivity contribution is 0.0789. The van der Waals surface area contributed by atoms with Crippen LogP contribution in [0.4, 0.5) is 0 Å². The van der Waals surface area contributed by atoms with Crippen LogP contribution in [0.15, 0.2) is 35.2 Å². The van der Waals surface area contributed by atoms with Gasteiger partial charge in [0.05, 0.1) is 0 Å². The largest absolute Gasteiger partial charge is 0.342 e. The van der Waals surface area contributed by atoms with E-state index in [-0.39, 0.29) is 11.9 Å². The summed E-state index contributed by atoms with van der Waals surface area (Å²) in [5.41, 5.74) is 7.46. The van der Waals surface area contributed by atoms with Gasteiger partial charge in [-0.25, -0.2) is 0 Å². The Morgan fingerprint density at radius 3 is 2.55 bits per heavy atom. The van der Waals surface area contributed by atoms with Gasteiger partial charge >= 0.3 is 0 Å². The summed E-state index contributed by atoms with van der Waals surface area (Å²) in [6.07, 6.45) is 2.07. The van der Waals surface area contributed by atoms with Gasteiger partial charge < -0.3 is 15.2 Å². The molecule has 0 aliphatic carbocycles. The van der Waals surface area contributed by atoms with Gasteiger partial charge in [0, 0.05) is 30.8 Å². The summed E-state index contributed by atoms with van der Waals surface area (Å²) in [4.78, 5) is 18.0. The zero-order chi connectivity index (χ0) is 16.1. The Labute approximate surface area is 130 Å². The van der Waals surface area contributed by atoms with E-state index in [9.17, 15) is 4.79 Å². The standard InChI is InChI=1S/C16H22N4O2/c1-11(2)14(17)8-9-20(3)16(21)13-6-4-12(5-7-13)15-18-10-22-19-15/h4-7,10-11,14H,8-9,17H2,1-3H3. The molecule has 0 spiro atoms. The molecule has 1 aromatic heterocycles. The lowest BCUT2D eigenvalue weighted by Crippen LogP contribution is -2.34. The Hall–Kier alpha value is -2.21. The first-order valence-electron chi connectivity index (χ1n) is 7.37. The second-order valence-electron chi connectivity index (χ2n) is 5.76. The van der Waals surface area contributed by atoms with Crippen LogP contribution in [-0.2, 0) is 0 Å². The van der Waals surface area contributed by atoms with E-state index >= 15 is 0 Å². The average molecular weight is 302 g/mol. The van der Waals surface area contributed by atoms with E-state index in [1.165, 1.54) is 6.39 Å². The number of carbonyl (C=O) groups excluding carboxylic acids is 1. The minimum absolute atomic E-state index is 0.0179. The maximum Gasteiger partial charge on any atom is 0.253 e. The molecule has 1 aromatic carbocycles. The number of benzene rings is 1. The van der Waals surface area contributed by atoms with Crippen LogP contribution in [0.2, 0.25) is 0 Å². The second-order valence-corrected chi connectivity index (χ2v) is 5.76. The third kappa shape index (κ3) is 3.92. The molecule has 6 nitrogen and oxygen atoms in total. The Balaban J connectivity index is 1.97. The highest BCUT2D eigenvalue weighted by Gasteiger charge is 2.15. The molecule has 0 aliphatic heterocycles. The van der Waals surface area contributed by atoms with Crippen molar-refractivity contribution in [2.45, 2.75) is 26.3 Å². The molecule has 2 N–H and O–H groups in total. The molecule has 6 heteroatoms. The van der Waals surface area contributed by atoms with Crippen molar-refractivity contribution in [1.29, 1.82) is 0 Å². The second kappa shape index (κ2) is 7.17. The summed E-state index contributed by atoms with van der Waals surface area (Å²) >= 11 is 0. The van der Waals surface area contributed by atoms with Crippen LogP contribution >= 0.6 is 0 Å². The van der Waals surface area contributed by atoms with E-state index in [4.69, 9.17) is 10.3 Å². The van der Waals surface area contributed by atoms with Crippen molar-refractivity contribution >= 4 is 5.91 Å². The highest BCUT2D eigenvalue weighted by molar-refractivity contribution is 5.94. The third-order valence-electron chi connectivity index (χ3n) is 3.75. The third-order valence-corrected chi connectivity index (χ3v) is 3.75. The van der Waals surface area contributed by atoms with Gasteiger partial charge in [-0.1, -0.05) is 31.1 Å². The van der Waals surface area contributed by atoms with E-state index in [1.54, 1.807) is 24.1 Å². The average Bonchev–Trinajstić information content (AvgIpc) is 3.06. The van der Waals surface area contributed by atoms with Crippen molar-refractivity contribution in [3.8, 4) is 11.4 Å². The van der Waals surface area contributed by atoms with E-state index in [0.29, 0.717) is 23.9 Å². The molecule has 1 atom stereocenters. The molecule has 0 saturated carbocycles. The van der Waals surface area contributed by atoms with Crippen molar-refractivity contribution in [3.05, 3.63) is 36.2 Å². The monoisotopic (exact) mass is 302 g/mol. The van der Waals surface area contributed by atoms with Crippen LogP contribution in [0, 0.1) is 5.92 Å². The molecule has 1 unspecified atom stereocenters. The highest BCUT2D eigenvalue weighted by atomic mass is 16.5. The number of carbonyl (C=O) groups is 1. The zero-order valence-electron chi connectivity index (χ0n) is 13.2. The minimum atomic E-state index is -0.0179. The fourth-order valence-electron chi connectivity index (χ4n) is 2.06. The molecule has 2 rings (SSSR count). The molecule has 0 bridgehead atoms. The zero-order valence-corrected chi connectivity index (χ0v) is 13.2. The van der Waals surface area contributed by atoms with Crippen molar-refractivity contribution in [2.24, 2.45) is 11.7 Å². The predicted molar refractivity (Wildman–Crippen MR) is 84.1 cm³/mol. The van der Waals surface area contributed by atoms with E-state index in [1.807, 2.05) is 12.1 Å². The topological polar surface area (TPSA) is 85.2 Å². The Morgan fingerprint density at radius 2 is 2.00 bits per heavy atom. The summed E-state index contributed by atoms with van der Waals surface area (Å²) in [6.45, 7) is 4.82. The molecule has 0 fully saturated rings. The van der Waals surface area contributed by atoms with E-state index in [0.717, 1.165) is 12.0 Å². The number of nitrogens with zero attached hydrogens (tertiary/aromatic N) is 3. The highest BCUT2D eigenvalue weighted by Crippen LogP contribution is 2.16. The van der Waals surface area contributed by atoms with Gasteiger partial charge in [0.1, 0.15) is 0 Å². The number of hydrogen-bond donors (Lipinski definition) is 1. The van der Waals surface area contributed by atoms with Gasteiger partial charge in [0.15, 0.2) is 0 Å². The van der Waals surface area contributed by atoms with Gasteiger partial charge in [0.25, 0.3) is 5.91 Å². The fraction of sp³-hybridized carbons (Fsp3) is 0.438. The number of aromatic nitrogens is 2. The first-order valence-corrected chi connectivity index (χ1v) is 7.37. The molecule has 0 aliphatic rings. The Morgan fingerprint density at radius 1 is 1.32 bits per heavy atom. The Bertz CT molecular complexity index is 593. The van der Waals surface area contributed by atoms with Crippen molar-refractivity contribution in [1.82, 2.24) is 15.0 Å². The summed E-state index contributed by atoms with van der Waals surface area (Å²) in [5.74, 6) is 0.906. The predicted octanol–water partition coefficient (Wildman–Crippen LogP) is 2.18. The SMILES string of the molecule is CC(C)C(N)CCN(C)C(=O)c1ccc(-c2ncon2)cc1. The maximum atomic E-state index is 12.4. The summed E-state index contributed by atoms with van der Waals surface area (Å²) < 4.78 is 4.71. The quantitative estimate of drug-likeness (QED) is 0.884. The molecular formula is C16H22N4O2. The molecule has 22 heavy (non-hydrogen) atoms. The molecule has 118 valence electrons. The Kier molecular flexibility index (Phi) is 5.27. The number of amides is 1. The minimum Gasteiger partial charge on any atom is -0.342 e. The number of hydrogen-bond acceptors (Lipinski definition) is 5. The molecular weight excluding hydrogens is 280 g/mol. The van der Waals surface area contributed by atoms with Gasteiger partial charge in [0.2, 0.25) is 12.2 Å². The molecule has 1 heterocycles. The van der Waals surface area contributed by atoms with E-state index in [2.05, 4.69) is 24.0 Å². The number of rotatable bonds is 6. The van der Waals surface area contributed by atoms with Crippen LogP contribution < -0.4 is 5.73 Å². The van der Waals surface area contributed by atoms with Crippen LogP contribution in [0.5, 0.6) is 0 Å². The van der Waals surface area contributed by atoms with E-state index < -0.39 is 0 Å². The lowest BCUT2D eigenvalue weighted by Gasteiger charge is -2.21. The molecule has 0 radical (unpaired) electrons. The van der Waals surface area contributed by atoms with Crippen LogP contribution in [-0.4, -0.2) is 40.6 Å². The fourth-order valence-corrected chi connectivity index (χ4v) is 2.06. The molecule has 2 aromatic rings. The van der Waals surface area contributed by atoms with Crippen molar-refractivity contribution in [2.75, 3.05) is 13.6 Å². The first-order chi connectivity index (χ1) is 10.5. The summed E-state index contributed by atoms with van der Waals surface area (Å²) in [7, 11) is 1.79. The summed E-state index contributed by atoms with van der Waals surface area (Å²) in [5, 5.41) is 3.77. The lowest BCUT2D eigenvalue weighted by atomic mass is 10.0. The number of nitrogens with two attached hydrogens (primary N) is 1. The smallest absolute Gasteiger partial charge is 0.253 e. The maximum absolute atomic E-state index is 12.4. The van der Waals surface area contributed by atoms with Crippen LogP contribution in [0.25, 0.3) is 11.4 Å². The summed E-state index contributed by atoms with van der Waals surface area (Å²) in [6, 6.07) is 7.27. The van der Waals surface area contributed by atoms with Crippen LogP contribution in [0.1, 0.15) is 30.6 Å². The van der Waals surface area contributed by atoms with Crippen molar-refractivity contribution in [3.63, 3.8) is 0 Å². The normalized spacial score (nSPS) is 12.4. The molecule has 0 saturated heterocycles. The first kappa shape index (κ1) is 16.2. The van der Waals surface area contributed by atoms with Gasteiger partial charge in [-0.05, 0) is 24.5 Å². The van der Waals surface area contributed by atoms with Gasteiger partial charge in [-0.15, -0.1) is 0 Å². The van der Waals surface area contributed by atoms with Gasteiger partial charge in [-0.3, -0.25) is 4.79 Å². The van der Waals surface area contributed by atoms with Crippen molar-refractivity contribution < 1.29 is 9.32 Å². The van der Waals surface area contributed by atoms with Crippen LogP contribution in [0.3, 0.4) is 0 Å². The molecule has 1 amide bonds. The van der Waals surface area contributed by atoms with Gasteiger partial charge in [-0.2, -0.15) is 4.98 Å².